The van der Waals surface area contributed by atoms with Gasteiger partial charge in [-0.15, -0.1) is 11.3 Å². The summed E-state index contributed by atoms with van der Waals surface area (Å²) in [6.45, 7) is 0. The third-order valence-electron chi connectivity index (χ3n) is 9.64. The predicted octanol–water partition coefficient (Wildman–Crippen LogP) is 11.3. The maximum Gasteiger partial charge on any atom is 0.159 e. The molecule has 50 heavy (non-hydrogen) atoms. The van der Waals surface area contributed by atoms with E-state index in [1.165, 1.54) is 53.1 Å². The highest BCUT2D eigenvalue weighted by molar-refractivity contribution is 7.26. The van der Waals surface area contributed by atoms with Gasteiger partial charge in [-0.25, -0.2) is 9.98 Å². The lowest BCUT2D eigenvalue weighted by molar-refractivity contribution is 0.674. The number of para-hydroxylation sites is 2. The van der Waals surface area contributed by atoms with Gasteiger partial charge >= 0.3 is 0 Å². The first-order valence-corrected chi connectivity index (χ1v) is 17.7. The molecule has 7 aromatic carbocycles. The van der Waals surface area contributed by atoms with Crippen LogP contribution in [0.15, 0.2) is 180 Å². The Balaban J connectivity index is 1.20. The average Bonchev–Trinajstić information content (AvgIpc) is 3.74. The number of nitrogens with zero attached hydrogens (tertiary/aromatic N) is 3. The molecule has 2 aromatic heterocycles. The highest BCUT2D eigenvalue weighted by atomic mass is 32.1. The Hall–Kier alpha value is -6.30. The summed E-state index contributed by atoms with van der Waals surface area (Å²) < 4.78 is 4.87. The molecule has 5 heteroatoms. The van der Waals surface area contributed by atoms with E-state index >= 15 is 0 Å². The van der Waals surface area contributed by atoms with E-state index < -0.39 is 0 Å². The van der Waals surface area contributed by atoms with Gasteiger partial charge in [-0.1, -0.05) is 121 Å². The molecule has 0 bridgehead atoms. The van der Waals surface area contributed by atoms with Crippen molar-refractivity contribution in [2.24, 2.45) is 9.98 Å². The summed E-state index contributed by atoms with van der Waals surface area (Å²) >= 11 is 1.83. The molecule has 0 aliphatic carbocycles. The van der Waals surface area contributed by atoms with Crippen LogP contribution in [0.25, 0.3) is 58.8 Å². The molecule has 0 saturated carbocycles. The Morgan fingerprint density at radius 3 is 2.02 bits per heavy atom. The lowest BCUT2D eigenvalue weighted by Gasteiger charge is -2.24. The van der Waals surface area contributed by atoms with Crippen LogP contribution in [-0.2, 0) is 0 Å². The Labute approximate surface area is 293 Å². The number of nitrogens with one attached hydrogen (secondary N) is 1. The van der Waals surface area contributed by atoms with Gasteiger partial charge in [0.25, 0.3) is 0 Å². The van der Waals surface area contributed by atoms with Crippen LogP contribution < -0.4 is 5.32 Å². The van der Waals surface area contributed by atoms with Gasteiger partial charge in [-0.2, -0.15) is 0 Å². The molecule has 1 atom stereocenters. The van der Waals surface area contributed by atoms with Gasteiger partial charge in [0.05, 0.1) is 11.0 Å². The summed E-state index contributed by atoms with van der Waals surface area (Å²) in [6.07, 6.45) is -0.263. The van der Waals surface area contributed by atoms with E-state index in [0.29, 0.717) is 0 Å². The van der Waals surface area contributed by atoms with Gasteiger partial charge < -0.3 is 9.88 Å². The average molecular weight is 659 g/mol. The first-order chi connectivity index (χ1) is 24.8. The SMILES string of the molecule is c1ccc(C2=NC(c3ccccc3)NC(c3cc(-c4ccc5c(c4)c4ccccc4n5-c4ccccc4)c4c(c3)sc3ccccc34)=N2)cc1. The maximum absolute atomic E-state index is 5.18. The van der Waals surface area contributed by atoms with E-state index in [0.717, 1.165) is 34.0 Å². The van der Waals surface area contributed by atoms with Crippen molar-refractivity contribution < 1.29 is 0 Å². The van der Waals surface area contributed by atoms with E-state index in [2.05, 4.69) is 155 Å². The van der Waals surface area contributed by atoms with Crippen LogP contribution in [0, 0.1) is 0 Å². The highest BCUT2D eigenvalue weighted by Crippen LogP contribution is 2.43. The number of benzene rings is 7. The molecular formula is C45H30N4S. The lowest BCUT2D eigenvalue weighted by Crippen LogP contribution is -2.33. The number of hydrogen-bond donors (Lipinski definition) is 1. The lowest BCUT2D eigenvalue weighted by atomic mass is 9.95. The fraction of sp³-hybridized carbons (Fsp3) is 0.0222. The number of thiophene rings is 1. The summed E-state index contributed by atoms with van der Waals surface area (Å²) in [7, 11) is 0. The normalized spacial score (nSPS) is 14.6. The fourth-order valence-corrected chi connectivity index (χ4v) is 8.50. The van der Waals surface area contributed by atoms with E-state index in [-0.39, 0.29) is 6.17 Å². The van der Waals surface area contributed by atoms with Crippen LogP contribution >= 0.6 is 11.3 Å². The van der Waals surface area contributed by atoms with Gasteiger partial charge in [0.15, 0.2) is 5.84 Å². The largest absolute Gasteiger partial charge is 0.344 e. The van der Waals surface area contributed by atoms with E-state index in [1.807, 2.05) is 35.6 Å². The predicted molar refractivity (Wildman–Crippen MR) is 211 cm³/mol. The van der Waals surface area contributed by atoms with E-state index in [9.17, 15) is 0 Å². The summed E-state index contributed by atoms with van der Waals surface area (Å²) in [5.41, 5.74) is 9.05. The maximum atomic E-state index is 5.18. The quantitative estimate of drug-likeness (QED) is 0.196. The minimum atomic E-state index is -0.263. The monoisotopic (exact) mass is 658 g/mol. The number of amidine groups is 2. The third-order valence-corrected chi connectivity index (χ3v) is 10.8. The van der Waals surface area contributed by atoms with Crippen LogP contribution in [0.2, 0.25) is 0 Å². The van der Waals surface area contributed by atoms with Gasteiger partial charge in [0.2, 0.25) is 0 Å². The molecule has 0 amide bonds. The van der Waals surface area contributed by atoms with Crippen LogP contribution in [0.5, 0.6) is 0 Å². The smallest absolute Gasteiger partial charge is 0.159 e. The summed E-state index contributed by atoms with van der Waals surface area (Å²) in [5.74, 6) is 1.54. The number of fused-ring (bicyclic) bond motifs is 6. The summed E-state index contributed by atoms with van der Waals surface area (Å²) in [5, 5.41) is 8.72. The van der Waals surface area contributed by atoms with Crippen molar-refractivity contribution in [3.05, 3.63) is 187 Å². The minimum Gasteiger partial charge on any atom is -0.344 e. The Morgan fingerprint density at radius 2 is 1.20 bits per heavy atom. The van der Waals surface area contributed by atoms with Crippen molar-refractivity contribution in [3.8, 4) is 16.8 Å². The molecule has 3 heterocycles. The van der Waals surface area contributed by atoms with Gasteiger partial charge in [0, 0.05) is 47.8 Å². The Bertz CT molecular complexity index is 2780. The van der Waals surface area contributed by atoms with Crippen molar-refractivity contribution in [1.82, 2.24) is 9.88 Å². The molecule has 1 unspecified atom stereocenters. The molecule has 1 aliphatic rings. The van der Waals surface area contributed by atoms with Crippen molar-refractivity contribution in [2.75, 3.05) is 0 Å². The molecule has 236 valence electrons. The van der Waals surface area contributed by atoms with Crippen molar-refractivity contribution in [1.29, 1.82) is 0 Å². The fourth-order valence-electron chi connectivity index (χ4n) is 7.33. The molecule has 10 rings (SSSR count). The molecule has 4 nitrogen and oxygen atoms in total. The molecule has 0 saturated heterocycles. The molecule has 0 fully saturated rings. The zero-order valence-corrected chi connectivity index (χ0v) is 27.8. The van der Waals surface area contributed by atoms with Crippen molar-refractivity contribution in [3.63, 3.8) is 0 Å². The van der Waals surface area contributed by atoms with Crippen molar-refractivity contribution in [2.45, 2.75) is 6.17 Å². The molecule has 0 spiro atoms. The van der Waals surface area contributed by atoms with Crippen LogP contribution in [0.1, 0.15) is 22.9 Å². The highest BCUT2D eigenvalue weighted by Gasteiger charge is 2.23. The first kappa shape index (κ1) is 28.7. The zero-order valence-electron chi connectivity index (χ0n) is 27.0. The van der Waals surface area contributed by atoms with E-state index in [4.69, 9.17) is 9.98 Å². The molecular weight excluding hydrogens is 629 g/mol. The molecule has 9 aromatic rings. The van der Waals surface area contributed by atoms with Gasteiger partial charge in [-0.05, 0) is 65.2 Å². The number of aliphatic imine (C=N–C) groups is 2. The molecule has 0 radical (unpaired) electrons. The topological polar surface area (TPSA) is 41.7 Å². The van der Waals surface area contributed by atoms with E-state index in [1.54, 1.807) is 0 Å². The Kier molecular flexibility index (Phi) is 6.71. The van der Waals surface area contributed by atoms with Crippen LogP contribution in [-0.4, -0.2) is 16.2 Å². The van der Waals surface area contributed by atoms with Gasteiger partial charge in [-0.3, -0.25) is 0 Å². The summed E-state index contributed by atoms with van der Waals surface area (Å²) in [4.78, 5) is 10.3. The number of rotatable bonds is 5. The Morgan fingerprint density at radius 1 is 0.520 bits per heavy atom. The third kappa shape index (κ3) is 4.74. The van der Waals surface area contributed by atoms with Crippen molar-refractivity contribution >= 4 is 65.0 Å². The number of aromatic nitrogens is 1. The molecule has 1 aliphatic heterocycles. The second kappa shape index (κ2) is 11.7. The van der Waals surface area contributed by atoms with Crippen LogP contribution in [0.4, 0.5) is 0 Å². The number of hydrogen-bond acceptors (Lipinski definition) is 4. The summed E-state index contributed by atoms with van der Waals surface area (Å²) in [6, 6.07) is 60.3. The molecule has 1 N–H and O–H groups in total. The van der Waals surface area contributed by atoms with Crippen LogP contribution in [0.3, 0.4) is 0 Å². The minimum absolute atomic E-state index is 0.263. The first-order valence-electron chi connectivity index (χ1n) is 16.9. The second-order valence-corrected chi connectivity index (χ2v) is 13.7. The second-order valence-electron chi connectivity index (χ2n) is 12.7. The standard InChI is InChI=1S/C45H30N4S/c1-4-14-29(15-5-1)43-46-44(30-16-6-2-7-17-30)48-45(47-43)32-27-36(42-35-21-11-13-23-40(35)50-41(42)28-32)31-24-25-39-37(26-31)34-20-10-12-22-38(34)49(39)33-18-8-3-9-19-33/h1-28,43H,(H,46,47,48). The van der Waals surface area contributed by atoms with Gasteiger partial charge in [0.1, 0.15) is 12.0 Å². The zero-order chi connectivity index (χ0) is 33.0.